The Morgan fingerprint density at radius 2 is 2.12 bits per heavy atom. The molecule has 0 fully saturated rings. The Hall–Kier alpha value is -1.93. The molecule has 5 heteroatoms. The minimum absolute atomic E-state index is 0.00658. The summed E-state index contributed by atoms with van der Waals surface area (Å²) < 4.78 is 14.0. The Bertz CT molecular complexity index is 575. The van der Waals surface area contributed by atoms with Crippen molar-refractivity contribution in [3.8, 4) is 6.07 Å². The molecule has 17 heavy (non-hydrogen) atoms. The third kappa shape index (κ3) is 2.80. The maximum atomic E-state index is 13.1. The summed E-state index contributed by atoms with van der Waals surface area (Å²) in [6.07, 6.45) is 1.65. The third-order valence-corrected chi connectivity index (χ3v) is 2.56. The van der Waals surface area contributed by atoms with Crippen molar-refractivity contribution in [1.82, 2.24) is 4.98 Å². The zero-order valence-electron chi connectivity index (χ0n) is 8.61. The smallest absolute Gasteiger partial charge is 0.141 e. The highest BCUT2D eigenvalue weighted by atomic mass is 79.9. The average Bonchev–Trinajstić information content (AvgIpc) is 2.34. The van der Waals surface area contributed by atoms with Crippen molar-refractivity contribution < 1.29 is 4.39 Å². The normalized spacial score (nSPS) is 9.71. The van der Waals surface area contributed by atoms with E-state index < -0.39 is 5.82 Å². The van der Waals surface area contributed by atoms with E-state index in [4.69, 9.17) is 5.26 Å². The van der Waals surface area contributed by atoms with Gasteiger partial charge in [-0.25, -0.2) is 9.37 Å². The highest BCUT2D eigenvalue weighted by Crippen LogP contribution is 2.19. The fraction of sp³-hybridized carbons (Fsp3) is 0. The summed E-state index contributed by atoms with van der Waals surface area (Å²) in [4.78, 5) is 4.12. The van der Waals surface area contributed by atoms with Crippen LogP contribution in [0.4, 0.5) is 15.9 Å². The number of anilines is 2. The zero-order chi connectivity index (χ0) is 12.3. The number of nitriles is 1. The summed E-state index contributed by atoms with van der Waals surface area (Å²) in [7, 11) is 0. The predicted octanol–water partition coefficient (Wildman–Crippen LogP) is 3.60. The summed E-state index contributed by atoms with van der Waals surface area (Å²) >= 11 is 3.28. The predicted molar refractivity (Wildman–Crippen MR) is 66.3 cm³/mol. The SMILES string of the molecule is N#Cc1cc(Nc2ccc(Br)cn2)ccc1F. The highest BCUT2D eigenvalue weighted by Gasteiger charge is 2.03. The maximum absolute atomic E-state index is 13.1. The van der Waals surface area contributed by atoms with Crippen LogP contribution in [0.2, 0.25) is 0 Å². The van der Waals surface area contributed by atoms with Crippen molar-refractivity contribution in [1.29, 1.82) is 5.26 Å². The molecule has 0 atom stereocenters. The number of hydrogen-bond acceptors (Lipinski definition) is 3. The van der Waals surface area contributed by atoms with Crippen molar-refractivity contribution >= 4 is 27.4 Å². The Balaban J connectivity index is 2.25. The molecule has 1 heterocycles. The number of benzene rings is 1. The van der Waals surface area contributed by atoms with Crippen LogP contribution >= 0.6 is 15.9 Å². The fourth-order valence-corrected chi connectivity index (χ4v) is 1.52. The maximum Gasteiger partial charge on any atom is 0.141 e. The van der Waals surface area contributed by atoms with Gasteiger partial charge in [0, 0.05) is 16.4 Å². The summed E-state index contributed by atoms with van der Waals surface area (Å²) in [6, 6.07) is 9.65. The van der Waals surface area contributed by atoms with E-state index in [0.717, 1.165) is 4.47 Å². The van der Waals surface area contributed by atoms with Gasteiger partial charge in [-0.2, -0.15) is 5.26 Å². The molecule has 84 valence electrons. The number of halogens is 2. The van der Waals surface area contributed by atoms with Crippen LogP contribution in [0.3, 0.4) is 0 Å². The van der Waals surface area contributed by atoms with E-state index in [0.29, 0.717) is 11.5 Å². The number of pyridine rings is 1. The van der Waals surface area contributed by atoms with Crippen LogP contribution in [0, 0.1) is 17.1 Å². The van der Waals surface area contributed by atoms with E-state index in [-0.39, 0.29) is 5.56 Å². The molecule has 2 rings (SSSR count). The second-order valence-corrected chi connectivity index (χ2v) is 4.21. The van der Waals surface area contributed by atoms with E-state index in [1.54, 1.807) is 24.4 Å². The van der Waals surface area contributed by atoms with Gasteiger partial charge in [-0.1, -0.05) is 0 Å². The molecular weight excluding hydrogens is 285 g/mol. The fourth-order valence-electron chi connectivity index (χ4n) is 1.29. The first-order valence-electron chi connectivity index (χ1n) is 4.77. The van der Waals surface area contributed by atoms with Gasteiger partial charge >= 0.3 is 0 Å². The lowest BCUT2D eigenvalue weighted by atomic mass is 10.2. The topological polar surface area (TPSA) is 48.7 Å². The lowest BCUT2D eigenvalue weighted by molar-refractivity contribution is 0.624. The molecule has 0 spiro atoms. The van der Waals surface area contributed by atoms with Crippen LogP contribution in [0.1, 0.15) is 5.56 Å². The second kappa shape index (κ2) is 4.93. The number of nitrogens with zero attached hydrogens (tertiary/aromatic N) is 2. The molecule has 0 saturated heterocycles. The van der Waals surface area contributed by atoms with Gasteiger partial charge in [-0.3, -0.25) is 0 Å². The van der Waals surface area contributed by atoms with Crippen molar-refractivity contribution in [3.63, 3.8) is 0 Å². The molecule has 0 aliphatic carbocycles. The van der Waals surface area contributed by atoms with Gasteiger partial charge in [-0.15, -0.1) is 0 Å². The van der Waals surface area contributed by atoms with Gasteiger partial charge in [0.05, 0.1) is 5.56 Å². The van der Waals surface area contributed by atoms with Crippen molar-refractivity contribution in [2.75, 3.05) is 5.32 Å². The highest BCUT2D eigenvalue weighted by molar-refractivity contribution is 9.10. The van der Waals surface area contributed by atoms with Crippen LogP contribution in [0.25, 0.3) is 0 Å². The van der Waals surface area contributed by atoms with Gasteiger partial charge in [0.1, 0.15) is 17.7 Å². The molecule has 0 aliphatic heterocycles. The van der Waals surface area contributed by atoms with Crippen molar-refractivity contribution in [2.24, 2.45) is 0 Å². The quantitative estimate of drug-likeness (QED) is 0.920. The molecule has 0 unspecified atom stereocenters. The second-order valence-electron chi connectivity index (χ2n) is 3.29. The first-order valence-corrected chi connectivity index (χ1v) is 5.56. The van der Waals surface area contributed by atoms with Gasteiger partial charge in [0.15, 0.2) is 0 Å². The van der Waals surface area contributed by atoms with E-state index >= 15 is 0 Å². The molecular formula is C12H7BrFN3. The van der Waals surface area contributed by atoms with Crippen LogP contribution < -0.4 is 5.32 Å². The summed E-state index contributed by atoms with van der Waals surface area (Å²) in [6.45, 7) is 0. The molecule has 1 aromatic heterocycles. The molecule has 0 saturated carbocycles. The minimum Gasteiger partial charge on any atom is -0.340 e. The molecule has 0 bridgehead atoms. The van der Waals surface area contributed by atoms with Crippen molar-refractivity contribution in [3.05, 3.63) is 52.4 Å². The first-order chi connectivity index (χ1) is 8.19. The zero-order valence-corrected chi connectivity index (χ0v) is 10.2. The first kappa shape index (κ1) is 11.6. The van der Waals surface area contributed by atoms with Crippen molar-refractivity contribution in [2.45, 2.75) is 0 Å². The number of hydrogen-bond donors (Lipinski definition) is 1. The van der Waals surface area contributed by atoms with Gasteiger partial charge in [0.25, 0.3) is 0 Å². The Morgan fingerprint density at radius 3 is 2.76 bits per heavy atom. The number of aromatic nitrogens is 1. The average molecular weight is 292 g/mol. The lowest BCUT2D eigenvalue weighted by Crippen LogP contribution is -1.94. The third-order valence-electron chi connectivity index (χ3n) is 2.09. The van der Waals surface area contributed by atoms with Gasteiger partial charge in [-0.05, 0) is 46.3 Å². The number of nitrogens with one attached hydrogen (secondary N) is 1. The Morgan fingerprint density at radius 1 is 1.29 bits per heavy atom. The molecule has 1 N–H and O–H groups in total. The van der Waals surface area contributed by atoms with Gasteiger partial charge in [0.2, 0.25) is 0 Å². The Labute approximate surface area is 106 Å². The molecule has 2 aromatic rings. The number of rotatable bonds is 2. The Kier molecular flexibility index (Phi) is 3.35. The monoisotopic (exact) mass is 291 g/mol. The van der Waals surface area contributed by atoms with E-state index in [1.807, 2.05) is 6.07 Å². The summed E-state index contributed by atoms with van der Waals surface area (Å²) in [5.41, 5.74) is 0.630. The molecule has 1 aromatic carbocycles. The molecule has 0 amide bonds. The van der Waals surface area contributed by atoms with E-state index in [1.165, 1.54) is 12.1 Å². The summed E-state index contributed by atoms with van der Waals surface area (Å²) in [5, 5.41) is 11.7. The standard InChI is InChI=1S/C12H7BrFN3/c13-9-1-4-12(16-7-9)17-10-2-3-11(14)8(5-10)6-15/h1-5,7H,(H,16,17). The van der Waals surface area contributed by atoms with E-state index in [9.17, 15) is 4.39 Å². The largest absolute Gasteiger partial charge is 0.340 e. The minimum atomic E-state index is -0.526. The van der Waals surface area contributed by atoms with E-state index in [2.05, 4.69) is 26.2 Å². The van der Waals surface area contributed by atoms with Crippen LogP contribution in [-0.4, -0.2) is 4.98 Å². The van der Waals surface area contributed by atoms with Crippen LogP contribution in [-0.2, 0) is 0 Å². The van der Waals surface area contributed by atoms with Crippen LogP contribution in [0.15, 0.2) is 41.0 Å². The molecule has 0 aliphatic rings. The summed E-state index contributed by atoms with van der Waals surface area (Å²) in [5.74, 6) is 0.102. The van der Waals surface area contributed by atoms with Gasteiger partial charge < -0.3 is 5.32 Å². The molecule has 3 nitrogen and oxygen atoms in total. The molecule has 0 radical (unpaired) electrons. The lowest BCUT2D eigenvalue weighted by Gasteiger charge is -2.05. The van der Waals surface area contributed by atoms with Crippen LogP contribution in [0.5, 0.6) is 0 Å².